The summed E-state index contributed by atoms with van der Waals surface area (Å²) in [6.45, 7) is 4.20. The minimum Gasteiger partial charge on any atom is -0.484 e. The van der Waals surface area contributed by atoms with Crippen LogP contribution in [0.3, 0.4) is 0 Å². The van der Waals surface area contributed by atoms with Crippen molar-refractivity contribution in [3.63, 3.8) is 0 Å². The SMILES string of the molecule is CCc1nnc(COc2ccc(Br)cc2CC(C)N)o1. The second-order valence-electron chi connectivity index (χ2n) is 4.67. The molecule has 6 heteroatoms. The molecule has 1 unspecified atom stereocenters. The summed E-state index contributed by atoms with van der Waals surface area (Å²) in [4.78, 5) is 0. The zero-order valence-corrected chi connectivity index (χ0v) is 13.2. The van der Waals surface area contributed by atoms with Gasteiger partial charge in [-0.25, -0.2) is 0 Å². The highest BCUT2D eigenvalue weighted by Gasteiger charge is 2.10. The van der Waals surface area contributed by atoms with E-state index in [1.165, 1.54) is 0 Å². The van der Waals surface area contributed by atoms with E-state index in [0.29, 0.717) is 11.8 Å². The molecule has 0 saturated heterocycles. The van der Waals surface area contributed by atoms with Crippen molar-refractivity contribution in [1.29, 1.82) is 0 Å². The second-order valence-corrected chi connectivity index (χ2v) is 5.58. The number of nitrogens with two attached hydrogens (primary N) is 1. The molecule has 0 bridgehead atoms. The molecule has 0 amide bonds. The highest BCUT2D eigenvalue weighted by molar-refractivity contribution is 9.10. The van der Waals surface area contributed by atoms with Gasteiger partial charge >= 0.3 is 0 Å². The predicted octanol–water partition coefficient (Wildman–Crippen LogP) is 2.86. The van der Waals surface area contributed by atoms with E-state index in [1.54, 1.807) is 0 Å². The van der Waals surface area contributed by atoms with Crippen LogP contribution in [0.1, 0.15) is 31.2 Å². The number of rotatable bonds is 6. The molecule has 1 aromatic heterocycles. The fourth-order valence-corrected chi connectivity index (χ4v) is 2.23. The molecule has 1 heterocycles. The molecule has 5 nitrogen and oxygen atoms in total. The molecule has 1 atom stereocenters. The van der Waals surface area contributed by atoms with Crippen molar-refractivity contribution in [3.8, 4) is 5.75 Å². The maximum Gasteiger partial charge on any atom is 0.253 e. The van der Waals surface area contributed by atoms with E-state index in [1.807, 2.05) is 32.0 Å². The first kappa shape index (κ1) is 15.0. The summed E-state index contributed by atoms with van der Waals surface area (Å²) in [5, 5.41) is 7.84. The van der Waals surface area contributed by atoms with Gasteiger partial charge in [0, 0.05) is 16.9 Å². The molecule has 0 fully saturated rings. The van der Waals surface area contributed by atoms with Crippen LogP contribution in [0.4, 0.5) is 0 Å². The molecule has 2 rings (SSSR count). The number of aromatic nitrogens is 2. The molecule has 0 aliphatic heterocycles. The topological polar surface area (TPSA) is 74.2 Å². The smallest absolute Gasteiger partial charge is 0.253 e. The van der Waals surface area contributed by atoms with Crippen LogP contribution in [-0.4, -0.2) is 16.2 Å². The van der Waals surface area contributed by atoms with E-state index in [2.05, 4.69) is 26.1 Å². The summed E-state index contributed by atoms with van der Waals surface area (Å²) < 4.78 is 12.2. The predicted molar refractivity (Wildman–Crippen MR) is 79.5 cm³/mol. The molecular weight excluding hydrogens is 322 g/mol. The normalized spacial score (nSPS) is 12.4. The van der Waals surface area contributed by atoms with Crippen molar-refractivity contribution in [3.05, 3.63) is 40.0 Å². The third-order valence-corrected chi connectivity index (χ3v) is 3.22. The van der Waals surface area contributed by atoms with Gasteiger partial charge in [-0.05, 0) is 37.1 Å². The Hall–Kier alpha value is -1.40. The molecule has 0 radical (unpaired) electrons. The van der Waals surface area contributed by atoms with E-state index >= 15 is 0 Å². The first-order chi connectivity index (χ1) is 9.58. The fraction of sp³-hybridized carbons (Fsp3) is 0.429. The van der Waals surface area contributed by atoms with Gasteiger partial charge in [0.2, 0.25) is 5.89 Å². The quantitative estimate of drug-likeness (QED) is 0.875. The van der Waals surface area contributed by atoms with E-state index in [9.17, 15) is 0 Å². The van der Waals surface area contributed by atoms with Crippen LogP contribution in [0.2, 0.25) is 0 Å². The van der Waals surface area contributed by atoms with Gasteiger partial charge < -0.3 is 14.9 Å². The summed E-state index contributed by atoms with van der Waals surface area (Å²) in [7, 11) is 0. The molecule has 108 valence electrons. The largest absolute Gasteiger partial charge is 0.484 e. The molecule has 0 aliphatic rings. The lowest BCUT2D eigenvalue weighted by molar-refractivity contribution is 0.256. The van der Waals surface area contributed by atoms with Crippen molar-refractivity contribution in [1.82, 2.24) is 10.2 Å². The second kappa shape index (κ2) is 6.85. The van der Waals surface area contributed by atoms with Crippen molar-refractivity contribution < 1.29 is 9.15 Å². The maximum atomic E-state index is 5.86. The number of hydrogen-bond acceptors (Lipinski definition) is 5. The van der Waals surface area contributed by atoms with Crippen LogP contribution in [0, 0.1) is 0 Å². The molecule has 20 heavy (non-hydrogen) atoms. The van der Waals surface area contributed by atoms with Crippen molar-refractivity contribution in [2.24, 2.45) is 5.73 Å². The Morgan fingerprint density at radius 3 is 2.75 bits per heavy atom. The first-order valence-corrected chi connectivity index (χ1v) is 7.35. The Morgan fingerprint density at radius 1 is 1.35 bits per heavy atom. The molecule has 2 aromatic rings. The number of halogens is 1. The summed E-state index contributed by atoms with van der Waals surface area (Å²) in [5.41, 5.74) is 6.92. The number of benzene rings is 1. The van der Waals surface area contributed by atoms with Crippen LogP contribution in [-0.2, 0) is 19.4 Å². The monoisotopic (exact) mass is 339 g/mol. The van der Waals surface area contributed by atoms with Crippen LogP contribution in [0.25, 0.3) is 0 Å². The van der Waals surface area contributed by atoms with Gasteiger partial charge in [0.05, 0.1) is 0 Å². The zero-order chi connectivity index (χ0) is 14.5. The Kier molecular flexibility index (Phi) is 5.14. The highest BCUT2D eigenvalue weighted by atomic mass is 79.9. The van der Waals surface area contributed by atoms with Gasteiger partial charge in [0.1, 0.15) is 5.75 Å². The number of hydrogen-bond donors (Lipinski definition) is 1. The van der Waals surface area contributed by atoms with Crippen LogP contribution in [0.15, 0.2) is 27.1 Å². The molecule has 0 spiro atoms. The lowest BCUT2D eigenvalue weighted by Gasteiger charge is -2.12. The average Bonchev–Trinajstić information content (AvgIpc) is 2.85. The van der Waals surface area contributed by atoms with Gasteiger partial charge in [0.15, 0.2) is 6.61 Å². The van der Waals surface area contributed by atoms with Crippen molar-refractivity contribution in [2.45, 2.75) is 39.3 Å². The molecule has 2 N–H and O–H groups in total. The van der Waals surface area contributed by atoms with Gasteiger partial charge in [-0.15, -0.1) is 10.2 Å². The van der Waals surface area contributed by atoms with E-state index in [-0.39, 0.29) is 12.6 Å². The maximum absolute atomic E-state index is 5.86. The Labute approximate surface area is 126 Å². The third-order valence-electron chi connectivity index (χ3n) is 2.73. The Bertz CT molecular complexity index is 569. The fourth-order valence-electron chi connectivity index (χ4n) is 1.82. The summed E-state index contributed by atoms with van der Waals surface area (Å²) >= 11 is 3.46. The number of ether oxygens (including phenoxy) is 1. The van der Waals surface area contributed by atoms with Crippen LogP contribution < -0.4 is 10.5 Å². The zero-order valence-electron chi connectivity index (χ0n) is 11.6. The van der Waals surface area contributed by atoms with E-state index < -0.39 is 0 Å². The highest BCUT2D eigenvalue weighted by Crippen LogP contribution is 2.25. The summed E-state index contributed by atoms with van der Waals surface area (Å²) in [5.74, 6) is 1.90. The Morgan fingerprint density at radius 2 is 2.10 bits per heavy atom. The van der Waals surface area contributed by atoms with Gasteiger partial charge in [-0.3, -0.25) is 0 Å². The van der Waals surface area contributed by atoms with Crippen LogP contribution >= 0.6 is 15.9 Å². The molecule has 0 aliphatic carbocycles. The molecule has 1 aromatic carbocycles. The summed E-state index contributed by atoms with van der Waals surface area (Å²) in [6.07, 6.45) is 1.47. The van der Waals surface area contributed by atoms with Gasteiger partial charge in [-0.1, -0.05) is 22.9 Å². The van der Waals surface area contributed by atoms with Gasteiger partial charge in [-0.2, -0.15) is 0 Å². The Balaban J connectivity index is 2.08. The minimum absolute atomic E-state index is 0.0711. The molecule has 0 saturated carbocycles. The number of aryl methyl sites for hydroxylation is 1. The lowest BCUT2D eigenvalue weighted by atomic mass is 10.1. The van der Waals surface area contributed by atoms with E-state index in [4.69, 9.17) is 14.9 Å². The van der Waals surface area contributed by atoms with Crippen LogP contribution in [0.5, 0.6) is 5.75 Å². The lowest BCUT2D eigenvalue weighted by Crippen LogP contribution is -2.18. The van der Waals surface area contributed by atoms with E-state index in [0.717, 1.165) is 28.6 Å². The van der Waals surface area contributed by atoms with Gasteiger partial charge in [0.25, 0.3) is 5.89 Å². The molecular formula is C14H18BrN3O2. The summed E-state index contributed by atoms with van der Waals surface area (Å²) in [6, 6.07) is 5.94. The van der Waals surface area contributed by atoms with Crippen molar-refractivity contribution >= 4 is 15.9 Å². The third kappa shape index (κ3) is 4.05. The number of nitrogens with zero attached hydrogens (tertiary/aromatic N) is 2. The standard InChI is InChI=1S/C14H18BrN3O2/c1-3-13-17-18-14(20-13)8-19-12-5-4-11(15)7-10(12)6-9(2)16/h4-5,7,9H,3,6,8,16H2,1-2H3. The van der Waals surface area contributed by atoms with Crippen molar-refractivity contribution in [2.75, 3.05) is 0 Å². The average molecular weight is 340 g/mol. The minimum atomic E-state index is 0.0711. The first-order valence-electron chi connectivity index (χ1n) is 6.56.